The fourth-order valence-electron chi connectivity index (χ4n) is 4.36. The molecule has 1 aromatic carbocycles. The maximum absolute atomic E-state index is 12.7. The van der Waals surface area contributed by atoms with Gasteiger partial charge in [0.05, 0.1) is 12.9 Å². The SMILES string of the molecule is COc1ccc(-c2nnc(SCC(=O)N3CC[C@H]4CCCC[C@H]4C3)n2N)cc1. The third-order valence-electron chi connectivity index (χ3n) is 5.98. The molecule has 1 aromatic heterocycles. The van der Waals surface area contributed by atoms with Crippen molar-refractivity contribution in [3.8, 4) is 17.1 Å². The lowest BCUT2D eigenvalue weighted by Gasteiger charge is -2.41. The van der Waals surface area contributed by atoms with Gasteiger partial charge in [-0.2, -0.15) is 0 Å². The number of likely N-dealkylation sites (tertiary alicyclic amines) is 1. The van der Waals surface area contributed by atoms with E-state index in [-0.39, 0.29) is 5.91 Å². The Morgan fingerprint density at radius 1 is 1.18 bits per heavy atom. The van der Waals surface area contributed by atoms with Gasteiger partial charge in [0.25, 0.3) is 0 Å². The second kappa shape index (κ2) is 8.43. The van der Waals surface area contributed by atoms with Gasteiger partial charge in [-0.1, -0.05) is 31.0 Å². The van der Waals surface area contributed by atoms with E-state index in [9.17, 15) is 4.79 Å². The van der Waals surface area contributed by atoms with Crippen LogP contribution in [0.5, 0.6) is 5.75 Å². The van der Waals surface area contributed by atoms with Crippen molar-refractivity contribution < 1.29 is 9.53 Å². The Morgan fingerprint density at radius 3 is 2.68 bits per heavy atom. The molecule has 2 fully saturated rings. The first-order valence-corrected chi connectivity index (χ1v) is 10.9. The summed E-state index contributed by atoms with van der Waals surface area (Å²) in [5.74, 6) is 9.54. The van der Waals surface area contributed by atoms with Gasteiger partial charge in [-0.25, -0.2) is 4.68 Å². The van der Waals surface area contributed by atoms with Crippen molar-refractivity contribution >= 4 is 17.7 Å². The van der Waals surface area contributed by atoms with Crippen LogP contribution in [0.25, 0.3) is 11.4 Å². The van der Waals surface area contributed by atoms with Crippen molar-refractivity contribution in [1.29, 1.82) is 0 Å². The van der Waals surface area contributed by atoms with Crippen molar-refractivity contribution in [3.63, 3.8) is 0 Å². The number of methoxy groups -OCH3 is 1. The molecule has 2 N–H and O–H groups in total. The Balaban J connectivity index is 1.36. The van der Waals surface area contributed by atoms with Crippen LogP contribution in [0.4, 0.5) is 0 Å². The number of rotatable bonds is 5. The molecule has 1 amide bonds. The van der Waals surface area contributed by atoms with Gasteiger partial charge in [0.2, 0.25) is 11.1 Å². The topological polar surface area (TPSA) is 86.3 Å². The van der Waals surface area contributed by atoms with Gasteiger partial charge in [0.1, 0.15) is 5.75 Å². The number of fused-ring (bicyclic) bond motifs is 1. The smallest absolute Gasteiger partial charge is 0.233 e. The highest BCUT2D eigenvalue weighted by molar-refractivity contribution is 7.99. The molecule has 4 rings (SSSR count). The maximum atomic E-state index is 12.7. The van der Waals surface area contributed by atoms with Gasteiger partial charge in [-0.15, -0.1) is 10.2 Å². The molecule has 0 radical (unpaired) electrons. The predicted octanol–water partition coefficient (Wildman–Crippen LogP) is 2.80. The van der Waals surface area contributed by atoms with Gasteiger partial charge in [-0.05, 0) is 48.9 Å². The summed E-state index contributed by atoms with van der Waals surface area (Å²) < 4.78 is 6.63. The molecular weight excluding hydrogens is 374 g/mol. The first-order chi connectivity index (χ1) is 13.7. The van der Waals surface area contributed by atoms with E-state index >= 15 is 0 Å². The molecule has 1 aliphatic carbocycles. The zero-order chi connectivity index (χ0) is 19.5. The molecule has 1 aliphatic heterocycles. The number of hydrogen-bond acceptors (Lipinski definition) is 6. The average molecular weight is 402 g/mol. The standard InChI is InChI=1S/C20H27N5O2S/c1-27-17-8-6-15(7-9-17)19-22-23-20(25(19)21)28-13-18(26)24-11-10-14-4-2-3-5-16(14)12-24/h6-9,14,16H,2-5,10-13,21H2,1H3/t14-,16+/m1/s1. The van der Waals surface area contributed by atoms with Crippen LogP contribution in [-0.4, -0.2) is 51.6 Å². The zero-order valence-electron chi connectivity index (χ0n) is 16.2. The highest BCUT2D eigenvalue weighted by Crippen LogP contribution is 2.36. The molecule has 2 heterocycles. The minimum absolute atomic E-state index is 0.169. The molecule has 0 spiro atoms. The van der Waals surface area contributed by atoms with Crippen molar-refractivity contribution in [1.82, 2.24) is 19.8 Å². The normalized spacial score (nSPS) is 22.0. The number of benzene rings is 1. The number of ether oxygens (including phenoxy) is 1. The van der Waals surface area contributed by atoms with Gasteiger partial charge in [-0.3, -0.25) is 4.79 Å². The van der Waals surface area contributed by atoms with E-state index in [1.54, 1.807) is 7.11 Å². The minimum atomic E-state index is 0.169. The number of thioether (sulfide) groups is 1. The van der Waals surface area contributed by atoms with Crippen molar-refractivity contribution in [3.05, 3.63) is 24.3 Å². The van der Waals surface area contributed by atoms with Crippen LogP contribution >= 0.6 is 11.8 Å². The van der Waals surface area contributed by atoms with E-state index in [1.165, 1.54) is 42.1 Å². The van der Waals surface area contributed by atoms with E-state index in [2.05, 4.69) is 10.2 Å². The largest absolute Gasteiger partial charge is 0.497 e. The molecule has 2 aliphatic rings. The van der Waals surface area contributed by atoms with Crippen LogP contribution < -0.4 is 10.6 Å². The Labute approximate surface area is 169 Å². The molecule has 7 nitrogen and oxygen atoms in total. The highest BCUT2D eigenvalue weighted by Gasteiger charge is 2.32. The van der Waals surface area contributed by atoms with E-state index in [0.717, 1.165) is 36.7 Å². The molecular formula is C20H27N5O2S. The summed E-state index contributed by atoms with van der Waals surface area (Å²) in [6.45, 7) is 1.80. The van der Waals surface area contributed by atoms with E-state index < -0.39 is 0 Å². The molecule has 2 aromatic rings. The summed E-state index contributed by atoms with van der Waals surface area (Å²) in [4.78, 5) is 14.7. The zero-order valence-corrected chi connectivity index (χ0v) is 17.0. The molecule has 28 heavy (non-hydrogen) atoms. The summed E-state index contributed by atoms with van der Waals surface area (Å²) in [6, 6.07) is 7.49. The van der Waals surface area contributed by atoms with Gasteiger partial charge in [0, 0.05) is 18.7 Å². The summed E-state index contributed by atoms with van der Waals surface area (Å²) in [7, 11) is 1.63. The number of amides is 1. The van der Waals surface area contributed by atoms with Crippen molar-refractivity contribution in [2.75, 3.05) is 31.8 Å². The van der Waals surface area contributed by atoms with Crippen LogP contribution in [0.1, 0.15) is 32.1 Å². The Morgan fingerprint density at radius 2 is 1.93 bits per heavy atom. The lowest BCUT2D eigenvalue weighted by Crippen LogP contribution is -2.45. The number of nitrogen functional groups attached to an aromatic ring is 1. The maximum Gasteiger partial charge on any atom is 0.233 e. The van der Waals surface area contributed by atoms with Crippen LogP contribution in [0.15, 0.2) is 29.4 Å². The van der Waals surface area contributed by atoms with Gasteiger partial charge in [0.15, 0.2) is 5.82 Å². The number of carbonyl (C=O) groups is 1. The lowest BCUT2D eigenvalue weighted by atomic mass is 9.75. The number of nitrogens with two attached hydrogens (primary N) is 1. The van der Waals surface area contributed by atoms with Crippen LogP contribution in [-0.2, 0) is 4.79 Å². The molecule has 0 bridgehead atoms. The summed E-state index contributed by atoms with van der Waals surface area (Å²) in [5.41, 5.74) is 0.855. The Hall–Kier alpha value is -2.22. The van der Waals surface area contributed by atoms with Gasteiger partial charge >= 0.3 is 0 Å². The lowest BCUT2D eigenvalue weighted by molar-refractivity contribution is -0.131. The number of carbonyl (C=O) groups excluding carboxylic acids is 1. The minimum Gasteiger partial charge on any atom is -0.497 e. The highest BCUT2D eigenvalue weighted by atomic mass is 32.2. The molecule has 0 unspecified atom stereocenters. The Kier molecular flexibility index (Phi) is 5.75. The first kappa shape index (κ1) is 19.1. The van der Waals surface area contributed by atoms with Crippen LogP contribution in [0, 0.1) is 11.8 Å². The third-order valence-corrected chi connectivity index (χ3v) is 6.91. The average Bonchev–Trinajstić information content (AvgIpc) is 3.12. The van der Waals surface area contributed by atoms with Gasteiger partial charge < -0.3 is 15.5 Å². The number of aromatic nitrogens is 3. The summed E-state index contributed by atoms with van der Waals surface area (Å²) in [6.07, 6.45) is 6.42. The third kappa shape index (κ3) is 3.97. The fraction of sp³-hybridized carbons (Fsp3) is 0.550. The number of piperidine rings is 1. The van der Waals surface area contributed by atoms with E-state index in [0.29, 0.717) is 22.7 Å². The van der Waals surface area contributed by atoms with Crippen molar-refractivity contribution in [2.45, 2.75) is 37.3 Å². The molecule has 150 valence electrons. The molecule has 1 saturated heterocycles. The fourth-order valence-corrected chi connectivity index (χ4v) is 5.12. The van der Waals surface area contributed by atoms with E-state index in [1.807, 2.05) is 29.2 Å². The summed E-state index contributed by atoms with van der Waals surface area (Å²) in [5, 5.41) is 8.90. The number of nitrogens with zero attached hydrogens (tertiary/aromatic N) is 4. The number of hydrogen-bond donors (Lipinski definition) is 1. The molecule has 2 atom stereocenters. The molecule has 1 saturated carbocycles. The van der Waals surface area contributed by atoms with E-state index in [4.69, 9.17) is 10.6 Å². The second-order valence-corrected chi connectivity index (χ2v) is 8.57. The quantitative estimate of drug-likeness (QED) is 0.612. The first-order valence-electron chi connectivity index (χ1n) is 9.91. The van der Waals surface area contributed by atoms with Crippen LogP contribution in [0.2, 0.25) is 0 Å². The summed E-state index contributed by atoms with van der Waals surface area (Å²) >= 11 is 1.35. The second-order valence-electron chi connectivity index (χ2n) is 7.63. The molecule has 8 heteroatoms. The predicted molar refractivity (Wildman–Crippen MR) is 110 cm³/mol. The van der Waals surface area contributed by atoms with Crippen molar-refractivity contribution in [2.24, 2.45) is 11.8 Å². The Bertz CT molecular complexity index is 823. The monoisotopic (exact) mass is 401 g/mol. The van der Waals surface area contributed by atoms with Crippen LogP contribution in [0.3, 0.4) is 0 Å².